The van der Waals surface area contributed by atoms with Crippen LogP contribution >= 0.6 is 0 Å². The number of hydrogen-bond donors (Lipinski definition) is 2. The van der Waals surface area contributed by atoms with Crippen molar-refractivity contribution in [2.45, 2.75) is 26.6 Å². The summed E-state index contributed by atoms with van der Waals surface area (Å²) >= 11 is 0. The number of nitrogens with zero attached hydrogens (tertiary/aromatic N) is 3. The van der Waals surface area contributed by atoms with E-state index in [0.717, 1.165) is 0 Å². The Balaban J connectivity index is 1.86. The molecular formula is C22H20FN5O2. The number of halogens is 1. The lowest BCUT2D eigenvalue weighted by molar-refractivity contribution is 0.0655. The van der Waals surface area contributed by atoms with Gasteiger partial charge in [-0.3, -0.25) is 9.78 Å². The molecule has 0 aliphatic rings. The summed E-state index contributed by atoms with van der Waals surface area (Å²) < 4.78 is 19.1. The second-order valence-corrected chi connectivity index (χ2v) is 6.69. The van der Waals surface area contributed by atoms with Crippen molar-refractivity contribution in [3.8, 4) is 17.3 Å². The summed E-state index contributed by atoms with van der Waals surface area (Å²) in [4.78, 5) is 19.1. The van der Waals surface area contributed by atoms with Gasteiger partial charge in [-0.15, -0.1) is 0 Å². The lowest BCUT2D eigenvalue weighted by Gasteiger charge is -2.10. The van der Waals surface area contributed by atoms with Crippen LogP contribution in [0.3, 0.4) is 0 Å². The number of rotatable bonds is 7. The first-order valence-corrected chi connectivity index (χ1v) is 9.27. The molecular weight excluding hydrogens is 385 g/mol. The van der Waals surface area contributed by atoms with Crippen LogP contribution in [0.5, 0.6) is 0 Å². The number of anilines is 1. The maximum Gasteiger partial charge on any atom is 0.270 e. The summed E-state index contributed by atoms with van der Waals surface area (Å²) in [5.41, 5.74) is 4.20. The van der Waals surface area contributed by atoms with Crippen molar-refractivity contribution in [2.24, 2.45) is 5.10 Å². The monoisotopic (exact) mass is 405 g/mol. The highest BCUT2D eigenvalue weighted by Gasteiger charge is 2.13. The molecule has 2 N–H and O–H groups in total. The molecule has 0 saturated heterocycles. The van der Waals surface area contributed by atoms with E-state index in [4.69, 9.17) is 4.74 Å². The smallest absolute Gasteiger partial charge is 0.270 e. The van der Waals surface area contributed by atoms with Crippen LogP contribution in [0.15, 0.2) is 58.4 Å². The van der Waals surface area contributed by atoms with Gasteiger partial charge < -0.3 is 4.74 Å². The van der Waals surface area contributed by atoms with Gasteiger partial charge in [-0.05, 0) is 31.5 Å². The standard InChI is InChI=1S/C22H20FN5O2/c1-14(2)30-13-17-10-18(23)9-8-16(17)12-25-28-22-26-20(15-6-4-3-5-7-15)19(11-24)21(29)27-22/h3-10,12,14H,13H2,1-2H3,(H2,26,27,28,29). The van der Waals surface area contributed by atoms with Gasteiger partial charge in [0.1, 0.15) is 17.4 Å². The Morgan fingerprint density at radius 1 is 1.30 bits per heavy atom. The highest BCUT2D eigenvalue weighted by molar-refractivity contribution is 5.82. The zero-order chi connectivity index (χ0) is 21.5. The summed E-state index contributed by atoms with van der Waals surface area (Å²) in [6.45, 7) is 4.03. The van der Waals surface area contributed by atoms with E-state index in [9.17, 15) is 14.4 Å². The molecule has 0 aliphatic heterocycles. The Labute approximate surface area is 172 Å². The molecule has 1 heterocycles. The number of aromatic nitrogens is 2. The van der Waals surface area contributed by atoms with E-state index in [2.05, 4.69) is 20.5 Å². The Kier molecular flexibility index (Phi) is 6.67. The first-order valence-electron chi connectivity index (χ1n) is 9.27. The molecule has 2 aromatic carbocycles. The van der Waals surface area contributed by atoms with Crippen LogP contribution in [0, 0.1) is 17.1 Å². The molecule has 0 aliphatic carbocycles. The van der Waals surface area contributed by atoms with Gasteiger partial charge in [-0.25, -0.2) is 14.8 Å². The number of aromatic amines is 1. The molecule has 0 saturated carbocycles. The van der Waals surface area contributed by atoms with Crippen molar-refractivity contribution in [2.75, 3.05) is 5.43 Å². The number of H-pyrrole nitrogens is 1. The number of nitriles is 1. The maximum atomic E-state index is 13.6. The van der Waals surface area contributed by atoms with Crippen molar-refractivity contribution in [1.29, 1.82) is 5.26 Å². The maximum absolute atomic E-state index is 13.6. The lowest BCUT2D eigenvalue weighted by atomic mass is 10.1. The zero-order valence-electron chi connectivity index (χ0n) is 16.5. The molecule has 3 aromatic rings. The van der Waals surface area contributed by atoms with E-state index >= 15 is 0 Å². The third-order valence-corrected chi connectivity index (χ3v) is 4.13. The third kappa shape index (κ3) is 5.16. The summed E-state index contributed by atoms with van der Waals surface area (Å²) in [7, 11) is 0. The number of hydrazone groups is 1. The van der Waals surface area contributed by atoms with Crippen LogP contribution in [0.25, 0.3) is 11.3 Å². The first-order chi connectivity index (χ1) is 14.5. The average Bonchev–Trinajstić information content (AvgIpc) is 2.73. The summed E-state index contributed by atoms with van der Waals surface area (Å²) in [5, 5.41) is 13.4. The van der Waals surface area contributed by atoms with Crippen LogP contribution in [0.2, 0.25) is 0 Å². The molecule has 1 aromatic heterocycles. The van der Waals surface area contributed by atoms with Gasteiger partial charge in [0.25, 0.3) is 5.56 Å². The van der Waals surface area contributed by atoms with E-state index in [-0.39, 0.29) is 35.7 Å². The second kappa shape index (κ2) is 9.58. The molecule has 0 amide bonds. The van der Waals surface area contributed by atoms with Crippen LogP contribution < -0.4 is 11.0 Å². The predicted octanol–water partition coefficient (Wildman–Crippen LogP) is 3.82. The second-order valence-electron chi connectivity index (χ2n) is 6.69. The number of ether oxygens (including phenoxy) is 1. The molecule has 0 unspecified atom stereocenters. The molecule has 0 fully saturated rings. The third-order valence-electron chi connectivity index (χ3n) is 4.13. The van der Waals surface area contributed by atoms with Crippen LogP contribution in [-0.4, -0.2) is 22.3 Å². The summed E-state index contributed by atoms with van der Waals surface area (Å²) in [6, 6.07) is 15.1. The Bertz CT molecular complexity index is 1150. The molecule has 7 nitrogen and oxygen atoms in total. The summed E-state index contributed by atoms with van der Waals surface area (Å²) in [5.74, 6) is -0.288. The van der Waals surface area contributed by atoms with Gasteiger partial charge in [0.05, 0.1) is 24.6 Å². The van der Waals surface area contributed by atoms with Crippen molar-refractivity contribution in [3.05, 3.63) is 81.4 Å². The largest absolute Gasteiger partial charge is 0.374 e. The lowest BCUT2D eigenvalue weighted by Crippen LogP contribution is -2.16. The van der Waals surface area contributed by atoms with Crippen molar-refractivity contribution >= 4 is 12.2 Å². The topological polar surface area (TPSA) is 103 Å². The van der Waals surface area contributed by atoms with Crippen LogP contribution in [-0.2, 0) is 11.3 Å². The minimum atomic E-state index is -0.572. The normalized spacial score (nSPS) is 11.0. The molecule has 0 spiro atoms. The number of benzene rings is 2. The van der Waals surface area contributed by atoms with Gasteiger partial charge >= 0.3 is 0 Å². The molecule has 30 heavy (non-hydrogen) atoms. The van der Waals surface area contributed by atoms with Crippen molar-refractivity contribution < 1.29 is 9.13 Å². The van der Waals surface area contributed by atoms with Gasteiger partial charge in [-0.1, -0.05) is 36.4 Å². The number of nitrogens with one attached hydrogen (secondary N) is 2. The fraction of sp³-hybridized carbons (Fsp3) is 0.182. The Morgan fingerprint density at radius 3 is 2.77 bits per heavy atom. The fourth-order valence-corrected chi connectivity index (χ4v) is 2.68. The molecule has 0 bridgehead atoms. The van der Waals surface area contributed by atoms with Gasteiger partial charge in [0, 0.05) is 11.1 Å². The first kappa shape index (κ1) is 20.9. The highest BCUT2D eigenvalue weighted by Crippen LogP contribution is 2.19. The van der Waals surface area contributed by atoms with Gasteiger partial charge in [0.2, 0.25) is 5.95 Å². The van der Waals surface area contributed by atoms with Crippen LogP contribution in [0.4, 0.5) is 10.3 Å². The minimum absolute atomic E-state index is 0.000475. The van der Waals surface area contributed by atoms with Gasteiger partial charge in [0.15, 0.2) is 0 Å². The predicted molar refractivity (Wildman–Crippen MR) is 113 cm³/mol. The number of hydrogen-bond acceptors (Lipinski definition) is 6. The molecule has 8 heteroatoms. The van der Waals surface area contributed by atoms with Gasteiger partial charge in [-0.2, -0.15) is 10.4 Å². The van der Waals surface area contributed by atoms with Crippen LogP contribution in [0.1, 0.15) is 30.5 Å². The Hall–Kier alpha value is -3.83. The van der Waals surface area contributed by atoms with E-state index in [1.165, 1.54) is 18.3 Å². The summed E-state index contributed by atoms with van der Waals surface area (Å²) in [6.07, 6.45) is 1.49. The Morgan fingerprint density at radius 2 is 2.07 bits per heavy atom. The van der Waals surface area contributed by atoms with E-state index < -0.39 is 5.56 Å². The van der Waals surface area contributed by atoms with E-state index in [1.54, 1.807) is 30.3 Å². The fourth-order valence-electron chi connectivity index (χ4n) is 2.68. The molecule has 152 valence electrons. The average molecular weight is 405 g/mol. The molecule has 3 rings (SSSR count). The minimum Gasteiger partial charge on any atom is -0.374 e. The highest BCUT2D eigenvalue weighted by atomic mass is 19.1. The molecule has 0 radical (unpaired) electrons. The SMILES string of the molecule is CC(C)OCc1cc(F)ccc1C=NNc1nc(-c2ccccc2)c(C#N)c(=O)[nH]1. The van der Waals surface area contributed by atoms with Crippen molar-refractivity contribution in [3.63, 3.8) is 0 Å². The van der Waals surface area contributed by atoms with E-state index in [0.29, 0.717) is 16.7 Å². The quantitative estimate of drug-likeness (QED) is 0.459. The zero-order valence-corrected chi connectivity index (χ0v) is 16.5. The van der Waals surface area contributed by atoms with Crippen molar-refractivity contribution in [1.82, 2.24) is 9.97 Å². The molecule has 0 atom stereocenters. The van der Waals surface area contributed by atoms with E-state index in [1.807, 2.05) is 26.0 Å².